The largest absolute Gasteiger partial charge is 1.00 e. The first-order valence-electron chi connectivity index (χ1n) is 8.43. The number of carboxylic acid groups (broad SMARTS) is 1. The number of fused-ring (bicyclic) bond motifs is 2. The van der Waals surface area contributed by atoms with E-state index in [0.29, 0.717) is 3.57 Å². The monoisotopic (exact) mass is 906 g/mol. The molecule has 0 saturated heterocycles. The van der Waals surface area contributed by atoms with Crippen LogP contribution in [0.25, 0.3) is 33.4 Å². The second-order valence-corrected chi connectivity index (χ2v) is 11.5. The molecule has 2 aliphatic rings. The zero-order valence-corrected chi connectivity index (χ0v) is 30.8. The minimum Gasteiger partial charge on any atom is -0.871 e. The van der Waals surface area contributed by atoms with Crippen LogP contribution in [-0.4, -0.2) is 11.1 Å². The molecular formula is C20H3Cl4I3Na2O6. The van der Waals surface area contributed by atoms with Crippen molar-refractivity contribution in [3.63, 3.8) is 0 Å². The number of halogens is 7. The van der Waals surface area contributed by atoms with Crippen molar-refractivity contribution >= 4 is 131 Å². The molecule has 170 valence electrons. The Hall–Kier alpha value is 1.55. The van der Waals surface area contributed by atoms with Crippen LogP contribution in [0.4, 0.5) is 0 Å². The molecule has 0 saturated carbocycles. The van der Waals surface area contributed by atoms with Gasteiger partial charge in [0, 0.05) is 29.2 Å². The van der Waals surface area contributed by atoms with Gasteiger partial charge in [-0.2, -0.15) is 0 Å². The molecule has 2 aromatic carbocycles. The van der Waals surface area contributed by atoms with Crippen LogP contribution < -0.4 is 74.8 Å². The molecule has 1 heterocycles. The fourth-order valence-electron chi connectivity index (χ4n) is 3.33. The van der Waals surface area contributed by atoms with E-state index in [1.807, 2.05) is 22.6 Å². The van der Waals surface area contributed by atoms with Gasteiger partial charge < -0.3 is 19.7 Å². The molecule has 1 N–H and O–H groups in total. The average Bonchev–Trinajstić information content (AvgIpc) is 2.76. The van der Waals surface area contributed by atoms with E-state index in [9.17, 15) is 24.9 Å². The van der Waals surface area contributed by atoms with Gasteiger partial charge in [-0.1, -0.05) is 52.2 Å². The van der Waals surface area contributed by atoms with Crippen LogP contribution in [0.5, 0.6) is 11.5 Å². The summed E-state index contributed by atoms with van der Waals surface area (Å²) < 4.78 is 6.26. The number of hydrogen-bond acceptors (Lipinski definition) is 5. The summed E-state index contributed by atoms with van der Waals surface area (Å²) in [7, 11) is 0. The number of carboxylic acids is 1. The Balaban J connectivity index is 0.00000216. The van der Waals surface area contributed by atoms with Crippen molar-refractivity contribution in [1.82, 2.24) is 0 Å². The van der Waals surface area contributed by atoms with Gasteiger partial charge in [-0.3, -0.25) is 4.79 Å². The SMILES string of the molecule is O=C(O)c1c(Cl)c(Cl)c(Cl)c(Cl)c1-c1c2cc(I)c(=O)c([O-])c-2oc2c(I)c([O-])c(I)cc12.[Na+].[Na+]. The normalized spacial score (nSPS) is 10.8. The standard InChI is InChI=1S/C20H5Cl4I3O6.2Na/c21-10-8(9(20(31)32)11(22)13(24)12(10)23)7-3-1-5(25)15(28)14(27)18(3)33-19-4(7)2-6(26)16(29)17(19)30;;/h1-2,28,30H,(H,31,32);;/q;2*+1/p-2. The number of benzene rings is 3. The fourth-order valence-corrected chi connectivity index (χ4v) is 6.70. The Morgan fingerprint density at radius 3 is 2.00 bits per heavy atom. The maximum atomic E-state index is 12.8. The van der Waals surface area contributed by atoms with Crippen LogP contribution in [-0.2, 0) is 0 Å². The minimum absolute atomic E-state index is 0. The third kappa shape index (κ3) is 5.47. The molecule has 0 spiro atoms. The van der Waals surface area contributed by atoms with Gasteiger partial charge in [0.15, 0.2) is 5.43 Å². The quantitative estimate of drug-likeness (QED) is 0.105. The number of hydrogen-bond donors (Lipinski definition) is 1. The van der Waals surface area contributed by atoms with Gasteiger partial charge in [0.1, 0.15) is 11.3 Å². The maximum Gasteiger partial charge on any atom is 1.00 e. The second-order valence-electron chi connectivity index (χ2n) is 6.56. The fraction of sp³-hybridized carbons (Fsp3) is 0. The average molecular weight is 908 g/mol. The van der Waals surface area contributed by atoms with Crippen molar-refractivity contribution in [3.05, 3.63) is 58.7 Å². The van der Waals surface area contributed by atoms with E-state index >= 15 is 0 Å². The smallest absolute Gasteiger partial charge is 0.871 e. The van der Waals surface area contributed by atoms with Gasteiger partial charge in [0.25, 0.3) is 0 Å². The van der Waals surface area contributed by atoms with E-state index in [2.05, 4.69) is 0 Å². The molecule has 0 unspecified atom stereocenters. The molecule has 35 heavy (non-hydrogen) atoms. The van der Waals surface area contributed by atoms with Crippen molar-refractivity contribution in [2.24, 2.45) is 0 Å². The first-order valence-corrected chi connectivity index (χ1v) is 13.2. The van der Waals surface area contributed by atoms with Gasteiger partial charge in [-0.25, -0.2) is 4.79 Å². The molecule has 15 heteroatoms. The van der Waals surface area contributed by atoms with Crippen molar-refractivity contribution in [2.45, 2.75) is 0 Å². The summed E-state index contributed by atoms with van der Waals surface area (Å²) in [6.45, 7) is 0. The van der Waals surface area contributed by atoms with E-state index in [1.54, 1.807) is 45.2 Å². The van der Waals surface area contributed by atoms with Gasteiger partial charge in [0.05, 0.1) is 29.2 Å². The zero-order valence-electron chi connectivity index (χ0n) is 17.3. The maximum absolute atomic E-state index is 12.8. The van der Waals surface area contributed by atoms with Crippen LogP contribution in [0.1, 0.15) is 10.4 Å². The molecule has 0 atom stereocenters. The molecule has 1 aliphatic carbocycles. The van der Waals surface area contributed by atoms with E-state index in [-0.39, 0.29) is 126 Å². The molecule has 1 aliphatic heterocycles. The topological polar surface area (TPSA) is 114 Å². The molecule has 2 aromatic rings. The van der Waals surface area contributed by atoms with E-state index in [4.69, 9.17) is 50.8 Å². The molecule has 6 nitrogen and oxygen atoms in total. The van der Waals surface area contributed by atoms with E-state index < -0.39 is 22.7 Å². The van der Waals surface area contributed by atoms with Gasteiger partial charge in [-0.05, 0) is 85.7 Å². The van der Waals surface area contributed by atoms with Crippen molar-refractivity contribution in [1.29, 1.82) is 0 Å². The molecular weight excluding hydrogens is 905 g/mol. The Labute approximate surface area is 302 Å². The predicted octanol–water partition coefficient (Wildman–Crippen LogP) is 0.846. The predicted molar refractivity (Wildman–Crippen MR) is 149 cm³/mol. The summed E-state index contributed by atoms with van der Waals surface area (Å²) in [5.41, 5.74) is -1.21. The van der Waals surface area contributed by atoms with E-state index in [0.717, 1.165) is 0 Å². The van der Waals surface area contributed by atoms with Crippen LogP contribution in [0, 0.1) is 10.7 Å². The first kappa shape index (κ1) is 32.8. The Bertz CT molecular complexity index is 1580. The number of carbonyl (C=O) groups is 1. The molecule has 0 amide bonds. The van der Waals surface area contributed by atoms with Gasteiger partial charge >= 0.3 is 65.1 Å². The Morgan fingerprint density at radius 2 is 1.43 bits per heavy atom. The van der Waals surface area contributed by atoms with E-state index in [1.165, 1.54) is 12.1 Å². The molecule has 0 radical (unpaired) electrons. The summed E-state index contributed by atoms with van der Waals surface area (Å²) in [5.74, 6) is -3.15. The zero-order chi connectivity index (χ0) is 24.5. The van der Waals surface area contributed by atoms with Crippen molar-refractivity contribution in [2.75, 3.05) is 0 Å². The summed E-state index contributed by atoms with van der Waals surface area (Å²) in [5, 5.41) is 34.6. The Kier molecular flexibility index (Phi) is 11.6. The Morgan fingerprint density at radius 1 is 0.857 bits per heavy atom. The van der Waals surface area contributed by atoms with Crippen LogP contribution in [0.15, 0.2) is 21.3 Å². The van der Waals surface area contributed by atoms with Crippen LogP contribution >= 0.6 is 114 Å². The minimum atomic E-state index is -1.46. The van der Waals surface area contributed by atoms with Gasteiger partial charge in [-0.15, -0.1) is 0 Å². The molecule has 0 bridgehead atoms. The summed E-state index contributed by atoms with van der Waals surface area (Å²) in [4.78, 5) is 24.6. The summed E-state index contributed by atoms with van der Waals surface area (Å²) in [6, 6.07) is 2.85. The van der Waals surface area contributed by atoms with Gasteiger partial charge in [0.2, 0.25) is 0 Å². The van der Waals surface area contributed by atoms with Crippen molar-refractivity contribution < 1.29 is 83.6 Å². The van der Waals surface area contributed by atoms with Crippen LogP contribution in [0.3, 0.4) is 0 Å². The number of rotatable bonds is 2. The molecule has 4 rings (SSSR count). The molecule has 0 fully saturated rings. The summed E-state index contributed by atoms with van der Waals surface area (Å²) >= 11 is 30.4. The summed E-state index contributed by atoms with van der Waals surface area (Å²) in [6.07, 6.45) is 0. The molecule has 0 aromatic heterocycles. The third-order valence-corrected chi connectivity index (χ3v) is 9.13. The first-order chi connectivity index (χ1) is 15.4. The third-order valence-electron chi connectivity index (χ3n) is 4.75. The van der Waals surface area contributed by atoms with Crippen molar-refractivity contribution in [3.8, 4) is 33.9 Å². The van der Waals surface area contributed by atoms with Crippen LogP contribution in [0.2, 0.25) is 20.1 Å². The second kappa shape index (κ2) is 12.4. The number of aromatic carboxylic acids is 1.